The Hall–Kier alpha value is -1.30. The molecule has 0 saturated carbocycles. The van der Waals surface area contributed by atoms with Gasteiger partial charge in [0.2, 0.25) is 0 Å². The Kier molecular flexibility index (Phi) is 4.79. The van der Waals surface area contributed by atoms with Crippen LogP contribution in [0.25, 0.3) is 0 Å². The SMILES string of the molecule is CCOC(=O)N1CCCCC1(N)C(=O)OC(C)(C)C. The third-order valence-electron chi connectivity index (χ3n) is 2.91. The molecular formula is C13H24N2O4. The summed E-state index contributed by atoms with van der Waals surface area (Å²) in [5, 5.41) is 0. The molecule has 6 nitrogen and oxygen atoms in total. The van der Waals surface area contributed by atoms with Crippen molar-refractivity contribution in [2.45, 2.75) is 58.2 Å². The molecule has 6 heteroatoms. The third-order valence-corrected chi connectivity index (χ3v) is 2.91. The van der Waals surface area contributed by atoms with Gasteiger partial charge in [-0.1, -0.05) is 0 Å². The van der Waals surface area contributed by atoms with E-state index in [-0.39, 0.29) is 6.61 Å². The van der Waals surface area contributed by atoms with E-state index >= 15 is 0 Å². The van der Waals surface area contributed by atoms with Crippen molar-refractivity contribution in [2.75, 3.05) is 13.2 Å². The van der Waals surface area contributed by atoms with Gasteiger partial charge in [0.25, 0.3) is 0 Å². The zero-order valence-electron chi connectivity index (χ0n) is 12.2. The van der Waals surface area contributed by atoms with Crippen LogP contribution >= 0.6 is 0 Å². The molecule has 1 saturated heterocycles. The summed E-state index contributed by atoms with van der Waals surface area (Å²) in [6, 6.07) is 0. The van der Waals surface area contributed by atoms with E-state index < -0.39 is 23.3 Å². The maximum absolute atomic E-state index is 12.3. The van der Waals surface area contributed by atoms with E-state index in [0.29, 0.717) is 13.0 Å². The highest BCUT2D eigenvalue weighted by Gasteiger charge is 2.47. The highest BCUT2D eigenvalue weighted by atomic mass is 16.6. The number of piperidine rings is 1. The second-order valence-corrected chi connectivity index (χ2v) is 5.73. The molecular weight excluding hydrogens is 248 g/mol. The molecule has 0 aromatic carbocycles. The van der Waals surface area contributed by atoms with Gasteiger partial charge in [-0.2, -0.15) is 0 Å². The van der Waals surface area contributed by atoms with Gasteiger partial charge in [0, 0.05) is 6.54 Å². The molecule has 0 spiro atoms. The Labute approximate surface area is 114 Å². The summed E-state index contributed by atoms with van der Waals surface area (Å²) in [5.41, 5.74) is 4.08. The van der Waals surface area contributed by atoms with Crippen LogP contribution in [0.15, 0.2) is 0 Å². The van der Waals surface area contributed by atoms with Gasteiger partial charge in [0.1, 0.15) is 5.60 Å². The zero-order chi connectivity index (χ0) is 14.7. The van der Waals surface area contributed by atoms with Gasteiger partial charge in [-0.3, -0.25) is 10.6 Å². The number of hydrogen-bond acceptors (Lipinski definition) is 5. The predicted molar refractivity (Wildman–Crippen MR) is 70.3 cm³/mol. The van der Waals surface area contributed by atoms with Crippen molar-refractivity contribution in [2.24, 2.45) is 5.73 Å². The van der Waals surface area contributed by atoms with Gasteiger partial charge < -0.3 is 9.47 Å². The van der Waals surface area contributed by atoms with Crippen molar-refractivity contribution < 1.29 is 19.1 Å². The van der Waals surface area contributed by atoms with Gasteiger partial charge in [0.05, 0.1) is 6.61 Å². The van der Waals surface area contributed by atoms with Crippen LogP contribution in [0.1, 0.15) is 47.0 Å². The lowest BCUT2D eigenvalue weighted by Gasteiger charge is -2.42. The van der Waals surface area contributed by atoms with Gasteiger partial charge in [-0.25, -0.2) is 9.59 Å². The first-order chi connectivity index (χ1) is 8.70. The van der Waals surface area contributed by atoms with Gasteiger partial charge in [-0.15, -0.1) is 0 Å². The number of likely N-dealkylation sites (tertiary alicyclic amines) is 1. The number of carbonyl (C=O) groups excluding carboxylic acids is 2. The first kappa shape index (κ1) is 15.8. The summed E-state index contributed by atoms with van der Waals surface area (Å²) in [5.74, 6) is -0.576. The van der Waals surface area contributed by atoms with E-state index in [2.05, 4.69) is 0 Å². The Bertz CT molecular complexity index is 351. The minimum atomic E-state index is -1.42. The maximum atomic E-state index is 12.3. The number of nitrogens with zero attached hydrogens (tertiary/aromatic N) is 1. The molecule has 0 aliphatic carbocycles. The van der Waals surface area contributed by atoms with Crippen LogP contribution in [0.2, 0.25) is 0 Å². The fourth-order valence-corrected chi connectivity index (χ4v) is 2.03. The average Bonchev–Trinajstić information content (AvgIpc) is 2.27. The van der Waals surface area contributed by atoms with Crippen molar-refractivity contribution >= 4 is 12.1 Å². The smallest absolute Gasteiger partial charge is 0.411 e. The lowest BCUT2D eigenvalue weighted by atomic mass is 9.96. The average molecular weight is 272 g/mol. The number of ether oxygens (including phenoxy) is 2. The molecule has 1 aliphatic heterocycles. The fourth-order valence-electron chi connectivity index (χ4n) is 2.03. The summed E-state index contributed by atoms with van der Waals surface area (Å²) >= 11 is 0. The highest BCUT2D eigenvalue weighted by Crippen LogP contribution is 2.27. The molecule has 1 amide bonds. The highest BCUT2D eigenvalue weighted by molar-refractivity contribution is 5.85. The molecule has 1 rings (SSSR count). The quantitative estimate of drug-likeness (QED) is 0.772. The molecule has 2 N–H and O–H groups in total. The molecule has 0 aromatic heterocycles. The number of amides is 1. The molecule has 1 atom stereocenters. The number of nitrogens with two attached hydrogens (primary N) is 1. The summed E-state index contributed by atoms with van der Waals surface area (Å²) in [6.07, 6.45) is 1.42. The second kappa shape index (κ2) is 5.77. The first-order valence-electron chi connectivity index (χ1n) is 6.67. The van der Waals surface area contributed by atoms with E-state index in [1.807, 2.05) is 0 Å². The Morgan fingerprint density at radius 1 is 1.32 bits per heavy atom. The fraction of sp³-hybridized carbons (Fsp3) is 0.846. The maximum Gasteiger partial charge on any atom is 0.411 e. The zero-order valence-corrected chi connectivity index (χ0v) is 12.2. The second-order valence-electron chi connectivity index (χ2n) is 5.73. The van der Waals surface area contributed by atoms with Crippen LogP contribution in [0.5, 0.6) is 0 Å². The standard InChI is InChI=1S/C13H24N2O4/c1-5-18-11(17)15-9-7-6-8-13(15,14)10(16)19-12(2,3)4/h5-9,14H2,1-4H3. The third kappa shape index (κ3) is 3.83. The van der Waals surface area contributed by atoms with Crippen LogP contribution < -0.4 is 5.73 Å². The molecule has 0 aromatic rings. The van der Waals surface area contributed by atoms with E-state index in [1.165, 1.54) is 4.90 Å². The van der Waals surface area contributed by atoms with Crippen molar-refractivity contribution in [1.82, 2.24) is 4.90 Å². The summed E-state index contributed by atoms with van der Waals surface area (Å²) < 4.78 is 10.3. The largest absolute Gasteiger partial charge is 0.457 e. The lowest BCUT2D eigenvalue weighted by molar-refractivity contribution is -0.171. The number of rotatable bonds is 2. The number of hydrogen-bond donors (Lipinski definition) is 1. The summed E-state index contributed by atoms with van der Waals surface area (Å²) in [6.45, 7) is 7.69. The molecule has 1 heterocycles. The molecule has 1 fully saturated rings. The molecule has 0 radical (unpaired) electrons. The Balaban J connectivity index is 2.89. The summed E-state index contributed by atoms with van der Waals surface area (Å²) in [4.78, 5) is 25.4. The van der Waals surface area contributed by atoms with Gasteiger partial charge in [0.15, 0.2) is 5.66 Å². The predicted octanol–water partition coefficient (Wildman–Crippen LogP) is 1.63. The van der Waals surface area contributed by atoms with Crippen molar-refractivity contribution in [3.05, 3.63) is 0 Å². The molecule has 1 unspecified atom stereocenters. The van der Waals surface area contributed by atoms with E-state index in [4.69, 9.17) is 15.2 Å². The van der Waals surface area contributed by atoms with Gasteiger partial charge >= 0.3 is 12.1 Å². The molecule has 1 aliphatic rings. The van der Waals surface area contributed by atoms with Crippen LogP contribution in [-0.2, 0) is 14.3 Å². The molecule has 19 heavy (non-hydrogen) atoms. The van der Waals surface area contributed by atoms with Crippen LogP contribution in [0.4, 0.5) is 4.79 Å². The normalized spacial score (nSPS) is 23.9. The topological polar surface area (TPSA) is 81.9 Å². The van der Waals surface area contributed by atoms with E-state index in [0.717, 1.165) is 12.8 Å². The monoisotopic (exact) mass is 272 g/mol. The molecule has 110 valence electrons. The Morgan fingerprint density at radius 2 is 1.95 bits per heavy atom. The number of esters is 1. The molecule has 0 bridgehead atoms. The Morgan fingerprint density at radius 3 is 2.47 bits per heavy atom. The first-order valence-corrected chi connectivity index (χ1v) is 6.67. The van der Waals surface area contributed by atoms with Crippen molar-refractivity contribution in [3.63, 3.8) is 0 Å². The minimum absolute atomic E-state index is 0.250. The van der Waals surface area contributed by atoms with Gasteiger partial charge in [-0.05, 0) is 47.0 Å². The van der Waals surface area contributed by atoms with Crippen LogP contribution in [0.3, 0.4) is 0 Å². The van der Waals surface area contributed by atoms with E-state index in [9.17, 15) is 9.59 Å². The number of carbonyl (C=O) groups is 2. The lowest BCUT2D eigenvalue weighted by Crippen LogP contribution is -2.66. The van der Waals surface area contributed by atoms with Crippen molar-refractivity contribution in [3.8, 4) is 0 Å². The van der Waals surface area contributed by atoms with Crippen LogP contribution in [0, 0.1) is 0 Å². The van der Waals surface area contributed by atoms with Crippen molar-refractivity contribution in [1.29, 1.82) is 0 Å². The van der Waals surface area contributed by atoms with Crippen LogP contribution in [-0.4, -0.2) is 41.4 Å². The summed E-state index contributed by atoms with van der Waals surface area (Å²) in [7, 11) is 0. The van der Waals surface area contributed by atoms with E-state index in [1.54, 1.807) is 27.7 Å². The minimum Gasteiger partial charge on any atom is -0.457 e.